The molecule has 1 aromatic rings. The van der Waals surface area contributed by atoms with Crippen LogP contribution in [0, 0.1) is 5.41 Å². The van der Waals surface area contributed by atoms with Gasteiger partial charge >= 0.3 is 0 Å². The molecule has 0 aliphatic heterocycles. The number of benzene rings is 1. The molecule has 3 N–H and O–H groups in total. The van der Waals surface area contributed by atoms with Gasteiger partial charge in [-0.3, -0.25) is 9.79 Å². The van der Waals surface area contributed by atoms with Crippen LogP contribution in [-0.4, -0.2) is 38.5 Å². The summed E-state index contributed by atoms with van der Waals surface area (Å²) in [6, 6.07) is 10.3. The van der Waals surface area contributed by atoms with Gasteiger partial charge in [-0.05, 0) is 32.8 Å². The molecule has 0 radical (unpaired) electrons. The number of carbonyl (C=O) groups excluding carboxylic acids is 1. The first-order valence-electron chi connectivity index (χ1n) is 7.76. The molecule has 22 heavy (non-hydrogen) atoms. The maximum Gasteiger partial charge on any atom is 0.227 e. The third-order valence-corrected chi connectivity index (χ3v) is 3.42. The Morgan fingerprint density at radius 3 is 2.41 bits per heavy atom. The van der Waals surface area contributed by atoms with E-state index in [9.17, 15) is 4.79 Å². The maximum atomic E-state index is 12.0. The average molecular weight is 304 g/mol. The molecular weight excluding hydrogens is 276 g/mol. The molecule has 0 fully saturated rings. The number of aliphatic imine (C=N–C) groups is 1. The Kier molecular flexibility index (Phi) is 7.43. The minimum atomic E-state index is -0.479. The number of hydrogen-bond acceptors (Lipinski definition) is 2. The second kappa shape index (κ2) is 9.07. The van der Waals surface area contributed by atoms with Crippen molar-refractivity contribution in [1.29, 1.82) is 0 Å². The highest BCUT2D eigenvalue weighted by molar-refractivity contribution is 5.84. The summed E-state index contributed by atoms with van der Waals surface area (Å²) in [5.41, 5.74) is 0.806. The lowest BCUT2D eigenvalue weighted by Gasteiger charge is -2.24. The van der Waals surface area contributed by atoms with Crippen LogP contribution in [-0.2, 0) is 11.2 Å². The molecule has 0 aliphatic rings. The first kappa shape index (κ1) is 18.0. The summed E-state index contributed by atoms with van der Waals surface area (Å²) < 4.78 is 0. The molecular formula is C17H28N4O. The van der Waals surface area contributed by atoms with Crippen molar-refractivity contribution in [3.63, 3.8) is 0 Å². The normalized spacial score (nSPS) is 11.9. The molecule has 0 bridgehead atoms. The molecule has 0 saturated heterocycles. The van der Waals surface area contributed by atoms with E-state index in [-0.39, 0.29) is 5.91 Å². The van der Waals surface area contributed by atoms with Crippen molar-refractivity contribution < 1.29 is 4.79 Å². The zero-order valence-electron chi connectivity index (χ0n) is 14.1. The lowest BCUT2D eigenvalue weighted by Crippen LogP contribution is -2.48. The lowest BCUT2D eigenvalue weighted by molar-refractivity contribution is -0.128. The largest absolute Gasteiger partial charge is 0.356 e. The molecule has 0 aliphatic carbocycles. The van der Waals surface area contributed by atoms with Crippen molar-refractivity contribution in [2.24, 2.45) is 10.4 Å². The monoisotopic (exact) mass is 304 g/mol. The highest BCUT2D eigenvalue weighted by Crippen LogP contribution is 2.13. The van der Waals surface area contributed by atoms with E-state index >= 15 is 0 Å². The number of guanidine groups is 1. The van der Waals surface area contributed by atoms with Crippen molar-refractivity contribution in [2.75, 3.05) is 26.7 Å². The molecule has 1 amide bonds. The number of hydrogen-bond donors (Lipinski definition) is 3. The zero-order valence-corrected chi connectivity index (χ0v) is 14.1. The van der Waals surface area contributed by atoms with Gasteiger partial charge in [-0.15, -0.1) is 0 Å². The molecule has 5 heteroatoms. The molecule has 1 aromatic carbocycles. The van der Waals surface area contributed by atoms with Crippen molar-refractivity contribution in [2.45, 2.75) is 27.2 Å². The SMILES string of the molecule is CCNC(=O)C(C)(C)CNC(=NC)NCCc1ccccc1. The fourth-order valence-corrected chi connectivity index (χ4v) is 1.98. The second-order valence-electron chi connectivity index (χ2n) is 5.83. The standard InChI is InChI=1S/C17H28N4O/c1-5-19-15(22)17(2,3)13-21-16(18-4)20-12-11-14-9-7-6-8-10-14/h6-10H,5,11-13H2,1-4H3,(H,19,22)(H2,18,20,21). The zero-order chi connectivity index (χ0) is 16.4. The number of nitrogens with zero attached hydrogens (tertiary/aromatic N) is 1. The lowest BCUT2D eigenvalue weighted by atomic mass is 9.92. The van der Waals surface area contributed by atoms with Crippen molar-refractivity contribution in [3.05, 3.63) is 35.9 Å². The van der Waals surface area contributed by atoms with Crippen LogP contribution in [0.2, 0.25) is 0 Å². The van der Waals surface area contributed by atoms with Crippen LogP contribution < -0.4 is 16.0 Å². The number of nitrogens with one attached hydrogen (secondary N) is 3. The van der Waals surface area contributed by atoms with E-state index in [2.05, 4.69) is 33.1 Å². The smallest absolute Gasteiger partial charge is 0.227 e. The van der Waals surface area contributed by atoms with Gasteiger partial charge in [0.1, 0.15) is 0 Å². The summed E-state index contributed by atoms with van der Waals surface area (Å²) in [4.78, 5) is 16.1. The molecule has 0 spiro atoms. The molecule has 0 heterocycles. The molecule has 122 valence electrons. The fourth-order valence-electron chi connectivity index (χ4n) is 1.98. The van der Waals surface area contributed by atoms with E-state index < -0.39 is 5.41 Å². The Morgan fingerprint density at radius 1 is 1.14 bits per heavy atom. The number of amides is 1. The summed E-state index contributed by atoms with van der Waals surface area (Å²) in [6.45, 7) is 7.73. The van der Waals surface area contributed by atoms with E-state index in [4.69, 9.17) is 0 Å². The highest BCUT2D eigenvalue weighted by Gasteiger charge is 2.27. The van der Waals surface area contributed by atoms with Gasteiger partial charge in [-0.25, -0.2) is 0 Å². The van der Waals surface area contributed by atoms with Gasteiger partial charge in [0.25, 0.3) is 0 Å². The van der Waals surface area contributed by atoms with Crippen LogP contribution in [0.3, 0.4) is 0 Å². The minimum Gasteiger partial charge on any atom is -0.356 e. The Hall–Kier alpha value is -2.04. The van der Waals surface area contributed by atoms with Crippen molar-refractivity contribution in [1.82, 2.24) is 16.0 Å². The predicted molar refractivity (Wildman–Crippen MR) is 92.0 cm³/mol. The summed E-state index contributed by atoms with van der Waals surface area (Å²) in [7, 11) is 1.73. The van der Waals surface area contributed by atoms with Gasteiger partial charge in [-0.2, -0.15) is 0 Å². The minimum absolute atomic E-state index is 0.0437. The van der Waals surface area contributed by atoms with E-state index in [1.807, 2.05) is 39.0 Å². The van der Waals surface area contributed by atoms with Crippen LogP contribution in [0.5, 0.6) is 0 Å². The van der Waals surface area contributed by atoms with Crippen LogP contribution in [0.15, 0.2) is 35.3 Å². The van der Waals surface area contributed by atoms with Crippen LogP contribution >= 0.6 is 0 Å². The first-order chi connectivity index (χ1) is 10.5. The molecule has 0 atom stereocenters. The van der Waals surface area contributed by atoms with E-state index in [0.29, 0.717) is 19.0 Å². The quantitative estimate of drug-likeness (QED) is 0.529. The average Bonchev–Trinajstić information content (AvgIpc) is 2.52. The Labute approximate surface area is 133 Å². The topological polar surface area (TPSA) is 65.5 Å². The molecule has 0 unspecified atom stereocenters. The van der Waals surface area contributed by atoms with Gasteiger partial charge < -0.3 is 16.0 Å². The summed E-state index contributed by atoms with van der Waals surface area (Å²) >= 11 is 0. The highest BCUT2D eigenvalue weighted by atomic mass is 16.2. The molecule has 1 rings (SSSR count). The van der Waals surface area contributed by atoms with Crippen molar-refractivity contribution >= 4 is 11.9 Å². The summed E-state index contributed by atoms with van der Waals surface area (Å²) in [6.07, 6.45) is 0.932. The third kappa shape index (κ3) is 6.16. The number of carbonyl (C=O) groups is 1. The third-order valence-electron chi connectivity index (χ3n) is 3.42. The molecule has 0 saturated carbocycles. The molecule has 5 nitrogen and oxygen atoms in total. The molecule has 0 aromatic heterocycles. The van der Waals surface area contributed by atoms with Gasteiger partial charge in [0.2, 0.25) is 5.91 Å². The maximum absolute atomic E-state index is 12.0. The van der Waals surface area contributed by atoms with Gasteiger partial charge in [0.15, 0.2) is 5.96 Å². The predicted octanol–water partition coefficient (Wildman–Crippen LogP) is 1.56. The second-order valence-corrected chi connectivity index (χ2v) is 5.83. The Bertz CT molecular complexity index is 483. The summed E-state index contributed by atoms with van der Waals surface area (Å²) in [5.74, 6) is 0.760. The first-order valence-corrected chi connectivity index (χ1v) is 7.76. The van der Waals surface area contributed by atoms with Gasteiger partial charge in [0.05, 0.1) is 5.41 Å². The Balaban J connectivity index is 2.38. The van der Waals surface area contributed by atoms with Crippen LogP contribution in [0.25, 0.3) is 0 Å². The van der Waals surface area contributed by atoms with Crippen LogP contribution in [0.4, 0.5) is 0 Å². The van der Waals surface area contributed by atoms with Gasteiger partial charge in [0, 0.05) is 26.7 Å². The van der Waals surface area contributed by atoms with E-state index in [1.165, 1.54) is 5.56 Å². The van der Waals surface area contributed by atoms with E-state index in [1.54, 1.807) is 7.05 Å². The number of rotatable bonds is 7. The Morgan fingerprint density at radius 2 is 1.82 bits per heavy atom. The van der Waals surface area contributed by atoms with Crippen LogP contribution in [0.1, 0.15) is 26.3 Å². The van der Waals surface area contributed by atoms with Gasteiger partial charge in [-0.1, -0.05) is 30.3 Å². The van der Waals surface area contributed by atoms with E-state index in [0.717, 1.165) is 13.0 Å². The summed E-state index contributed by atoms with van der Waals surface area (Å²) in [5, 5.41) is 9.33. The van der Waals surface area contributed by atoms with Crippen molar-refractivity contribution in [3.8, 4) is 0 Å². The fraction of sp³-hybridized carbons (Fsp3) is 0.529.